The molecule has 0 spiro atoms. The Bertz CT molecular complexity index is 837. The first kappa shape index (κ1) is 18.7. The Morgan fingerprint density at radius 3 is 2.56 bits per heavy atom. The molecular weight excluding hydrogens is 348 g/mol. The molecule has 27 heavy (non-hydrogen) atoms. The first-order valence-electron chi connectivity index (χ1n) is 8.67. The summed E-state index contributed by atoms with van der Waals surface area (Å²) < 4.78 is 21.3. The van der Waals surface area contributed by atoms with Gasteiger partial charge in [0.15, 0.2) is 23.0 Å². The molecule has 1 amide bonds. The summed E-state index contributed by atoms with van der Waals surface area (Å²) in [5.41, 5.74) is 2.73. The standard InChI is InChI=1S/C20H24N2O5/c1-12-7-17(24-3)18(25-4)9-15(12)22-13(2)20(23)21-10-14-5-6-16-19(8-14)27-11-26-16/h5-9,13,22H,10-11H2,1-4H3,(H,21,23)/t13-/m0/s1. The van der Waals surface area contributed by atoms with Crippen LogP contribution in [0.2, 0.25) is 0 Å². The van der Waals surface area contributed by atoms with Crippen molar-refractivity contribution >= 4 is 11.6 Å². The number of rotatable bonds is 7. The molecule has 0 fully saturated rings. The fourth-order valence-electron chi connectivity index (χ4n) is 2.83. The molecule has 144 valence electrons. The van der Waals surface area contributed by atoms with E-state index in [1.54, 1.807) is 14.2 Å². The molecule has 2 aromatic rings. The highest BCUT2D eigenvalue weighted by Gasteiger charge is 2.17. The van der Waals surface area contributed by atoms with E-state index in [9.17, 15) is 4.79 Å². The highest BCUT2D eigenvalue weighted by molar-refractivity contribution is 5.84. The number of carbonyl (C=O) groups is 1. The quantitative estimate of drug-likeness (QED) is 0.778. The van der Waals surface area contributed by atoms with Gasteiger partial charge in [-0.05, 0) is 43.2 Å². The summed E-state index contributed by atoms with van der Waals surface area (Å²) in [6.45, 7) is 4.40. The lowest BCUT2D eigenvalue weighted by Crippen LogP contribution is -2.37. The van der Waals surface area contributed by atoms with Gasteiger partial charge < -0.3 is 29.6 Å². The van der Waals surface area contributed by atoms with Gasteiger partial charge in [0.1, 0.15) is 6.04 Å². The van der Waals surface area contributed by atoms with Crippen LogP contribution in [0.25, 0.3) is 0 Å². The second-order valence-electron chi connectivity index (χ2n) is 6.29. The van der Waals surface area contributed by atoms with Gasteiger partial charge in [0.25, 0.3) is 0 Å². The van der Waals surface area contributed by atoms with E-state index in [1.807, 2.05) is 44.2 Å². The van der Waals surface area contributed by atoms with E-state index in [4.69, 9.17) is 18.9 Å². The lowest BCUT2D eigenvalue weighted by Gasteiger charge is -2.19. The Morgan fingerprint density at radius 1 is 1.11 bits per heavy atom. The van der Waals surface area contributed by atoms with E-state index in [1.165, 1.54) is 0 Å². The van der Waals surface area contributed by atoms with Crippen molar-refractivity contribution in [3.8, 4) is 23.0 Å². The molecule has 0 aliphatic carbocycles. The Balaban J connectivity index is 1.61. The van der Waals surface area contributed by atoms with Crippen molar-refractivity contribution in [2.45, 2.75) is 26.4 Å². The first-order valence-corrected chi connectivity index (χ1v) is 8.67. The predicted octanol–water partition coefficient (Wildman–Crippen LogP) is 2.86. The largest absolute Gasteiger partial charge is 0.493 e. The number of fused-ring (bicyclic) bond motifs is 1. The van der Waals surface area contributed by atoms with Crippen molar-refractivity contribution in [1.29, 1.82) is 0 Å². The van der Waals surface area contributed by atoms with Crippen LogP contribution >= 0.6 is 0 Å². The van der Waals surface area contributed by atoms with E-state index in [-0.39, 0.29) is 12.7 Å². The van der Waals surface area contributed by atoms with E-state index in [0.717, 1.165) is 22.6 Å². The van der Waals surface area contributed by atoms with Crippen molar-refractivity contribution < 1.29 is 23.7 Å². The number of aryl methyl sites for hydroxylation is 1. The van der Waals surface area contributed by atoms with Crippen molar-refractivity contribution in [3.63, 3.8) is 0 Å². The Hall–Kier alpha value is -3.09. The van der Waals surface area contributed by atoms with Crippen LogP contribution in [0, 0.1) is 6.92 Å². The molecule has 1 aliphatic rings. The molecule has 0 bridgehead atoms. The number of hydrogen-bond acceptors (Lipinski definition) is 6. The Kier molecular flexibility index (Phi) is 5.59. The number of benzene rings is 2. The third-order valence-electron chi connectivity index (χ3n) is 4.40. The van der Waals surface area contributed by atoms with Gasteiger partial charge in [-0.1, -0.05) is 6.07 Å². The normalized spacial score (nSPS) is 13.0. The zero-order valence-corrected chi connectivity index (χ0v) is 15.9. The number of amides is 1. The highest BCUT2D eigenvalue weighted by atomic mass is 16.7. The van der Waals surface area contributed by atoms with Gasteiger partial charge in [-0.3, -0.25) is 4.79 Å². The van der Waals surface area contributed by atoms with E-state index in [2.05, 4.69) is 10.6 Å². The molecule has 1 aliphatic heterocycles. The van der Waals surface area contributed by atoms with Gasteiger partial charge in [0.05, 0.1) is 14.2 Å². The topological polar surface area (TPSA) is 78.1 Å². The lowest BCUT2D eigenvalue weighted by atomic mass is 10.1. The average Bonchev–Trinajstić information content (AvgIpc) is 3.14. The van der Waals surface area contributed by atoms with Crippen LogP contribution in [-0.4, -0.2) is 33.0 Å². The summed E-state index contributed by atoms with van der Waals surface area (Å²) in [4.78, 5) is 12.5. The van der Waals surface area contributed by atoms with E-state index >= 15 is 0 Å². The number of anilines is 1. The fraction of sp³-hybridized carbons (Fsp3) is 0.350. The zero-order valence-electron chi connectivity index (χ0n) is 15.9. The van der Waals surface area contributed by atoms with Crippen molar-refractivity contribution in [2.24, 2.45) is 0 Å². The molecular formula is C20H24N2O5. The molecule has 1 atom stereocenters. The van der Waals surface area contributed by atoms with Gasteiger partial charge in [-0.25, -0.2) is 0 Å². The molecule has 0 aromatic heterocycles. The Labute approximate surface area is 158 Å². The van der Waals surface area contributed by atoms with Crippen LogP contribution in [-0.2, 0) is 11.3 Å². The predicted molar refractivity (Wildman–Crippen MR) is 102 cm³/mol. The number of nitrogens with one attached hydrogen (secondary N) is 2. The molecule has 2 N–H and O–H groups in total. The summed E-state index contributed by atoms with van der Waals surface area (Å²) in [7, 11) is 3.18. The molecule has 1 heterocycles. The number of carbonyl (C=O) groups excluding carboxylic acids is 1. The highest BCUT2D eigenvalue weighted by Crippen LogP contribution is 2.33. The van der Waals surface area contributed by atoms with Crippen molar-refractivity contribution in [3.05, 3.63) is 41.5 Å². The molecule has 3 rings (SSSR count). The lowest BCUT2D eigenvalue weighted by molar-refractivity contribution is -0.121. The van der Waals surface area contributed by atoms with Gasteiger partial charge in [-0.2, -0.15) is 0 Å². The summed E-state index contributed by atoms with van der Waals surface area (Å²) >= 11 is 0. The fourth-order valence-corrected chi connectivity index (χ4v) is 2.83. The monoisotopic (exact) mass is 372 g/mol. The zero-order chi connectivity index (χ0) is 19.4. The molecule has 7 heteroatoms. The van der Waals surface area contributed by atoms with Crippen LogP contribution in [0.4, 0.5) is 5.69 Å². The first-order chi connectivity index (χ1) is 13.0. The Morgan fingerprint density at radius 2 is 1.81 bits per heavy atom. The van der Waals surface area contributed by atoms with Crippen molar-refractivity contribution in [2.75, 3.05) is 26.3 Å². The molecule has 0 saturated heterocycles. The van der Waals surface area contributed by atoms with E-state index in [0.29, 0.717) is 23.8 Å². The molecule has 0 saturated carbocycles. The third-order valence-corrected chi connectivity index (χ3v) is 4.40. The minimum absolute atomic E-state index is 0.109. The summed E-state index contributed by atoms with van der Waals surface area (Å²) in [6, 6.07) is 8.91. The molecule has 7 nitrogen and oxygen atoms in total. The van der Waals surface area contributed by atoms with Gasteiger partial charge >= 0.3 is 0 Å². The SMILES string of the molecule is COc1cc(C)c(N[C@@H](C)C(=O)NCc2ccc3c(c2)OCO3)cc1OC. The summed E-state index contributed by atoms with van der Waals surface area (Å²) in [5.74, 6) is 2.58. The van der Waals surface area contributed by atoms with Crippen LogP contribution < -0.4 is 29.6 Å². The second-order valence-corrected chi connectivity index (χ2v) is 6.29. The number of hydrogen-bond donors (Lipinski definition) is 2. The minimum atomic E-state index is -0.421. The van der Waals surface area contributed by atoms with Crippen LogP contribution in [0.5, 0.6) is 23.0 Å². The molecule has 0 unspecified atom stereocenters. The average molecular weight is 372 g/mol. The maximum absolute atomic E-state index is 12.5. The smallest absolute Gasteiger partial charge is 0.242 e. The van der Waals surface area contributed by atoms with Crippen LogP contribution in [0.15, 0.2) is 30.3 Å². The summed E-state index contributed by atoms with van der Waals surface area (Å²) in [5, 5.41) is 6.15. The van der Waals surface area contributed by atoms with Crippen molar-refractivity contribution in [1.82, 2.24) is 5.32 Å². The number of ether oxygens (including phenoxy) is 4. The van der Waals surface area contributed by atoms with Gasteiger partial charge in [0.2, 0.25) is 12.7 Å². The van der Waals surface area contributed by atoms with Gasteiger partial charge in [-0.15, -0.1) is 0 Å². The van der Waals surface area contributed by atoms with Crippen LogP contribution in [0.1, 0.15) is 18.1 Å². The summed E-state index contributed by atoms with van der Waals surface area (Å²) in [6.07, 6.45) is 0. The van der Waals surface area contributed by atoms with Crippen LogP contribution in [0.3, 0.4) is 0 Å². The third kappa shape index (κ3) is 4.19. The molecule has 2 aromatic carbocycles. The molecule has 0 radical (unpaired) electrons. The second kappa shape index (κ2) is 8.07. The van der Waals surface area contributed by atoms with E-state index < -0.39 is 6.04 Å². The number of methoxy groups -OCH3 is 2. The maximum Gasteiger partial charge on any atom is 0.242 e. The minimum Gasteiger partial charge on any atom is -0.493 e. The van der Waals surface area contributed by atoms with Gasteiger partial charge in [0, 0.05) is 18.3 Å². The maximum atomic E-state index is 12.5.